The van der Waals surface area contributed by atoms with Crippen molar-refractivity contribution in [1.82, 2.24) is 5.32 Å². The predicted molar refractivity (Wildman–Crippen MR) is 56.3 cm³/mol. The number of fused-ring (bicyclic) bond motifs is 1. The Morgan fingerprint density at radius 2 is 2.00 bits per heavy atom. The van der Waals surface area contributed by atoms with Gasteiger partial charge in [0.2, 0.25) is 0 Å². The molecule has 1 unspecified atom stereocenters. The van der Waals surface area contributed by atoms with Crippen LogP contribution in [0.25, 0.3) is 0 Å². The molecule has 1 aliphatic carbocycles. The first-order chi connectivity index (χ1) is 7.98. The Hall–Kier alpha value is -1.52. The highest BCUT2D eigenvalue weighted by molar-refractivity contribution is 5.82. The van der Waals surface area contributed by atoms with Crippen LogP contribution in [0.4, 0.5) is 13.2 Å². The molecule has 0 saturated carbocycles. The van der Waals surface area contributed by atoms with Crippen molar-refractivity contribution in [3.63, 3.8) is 0 Å². The molecular weight excluding hydrogens is 231 g/mol. The molecule has 1 aliphatic rings. The predicted octanol–water partition coefficient (Wildman–Crippen LogP) is 2.74. The number of hydrogen-bond donors (Lipinski definition) is 1. The van der Waals surface area contributed by atoms with Gasteiger partial charge in [-0.15, -0.1) is 0 Å². The molecule has 0 spiro atoms. The fourth-order valence-corrected chi connectivity index (χ4v) is 2.14. The van der Waals surface area contributed by atoms with Crippen molar-refractivity contribution in [2.75, 3.05) is 0 Å². The number of aryl methyl sites for hydroxylation is 1. The number of amides is 1. The summed E-state index contributed by atoms with van der Waals surface area (Å²) in [5.41, 5.74) is 1.82. The number of rotatable bonds is 1. The maximum absolute atomic E-state index is 12.2. The fraction of sp³-hybridized carbons (Fsp3) is 0.417. The smallest absolute Gasteiger partial charge is 0.341 e. The van der Waals surface area contributed by atoms with E-state index in [2.05, 4.69) is 5.32 Å². The molecule has 1 amide bonds. The summed E-state index contributed by atoms with van der Waals surface area (Å²) in [4.78, 5) is 10.9. The highest BCUT2D eigenvalue weighted by Gasteiger charge is 2.40. The van der Waals surface area contributed by atoms with E-state index >= 15 is 0 Å². The number of benzene rings is 1. The van der Waals surface area contributed by atoms with Crippen LogP contribution in [0.3, 0.4) is 0 Å². The van der Waals surface area contributed by atoms with Gasteiger partial charge < -0.3 is 5.32 Å². The molecule has 2 rings (SSSR count). The molecule has 1 aromatic rings. The summed E-state index contributed by atoms with van der Waals surface area (Å²) < 4.78 is 36.5. The monoisotopic (exact) mass is 243 g/mol. The van der Waals surface area contributed by atoms with Crippen molar-refractivity contribution in [3.8, 4) is 0 Å². The van der Waals surface area contributed by atoms with Crippen molar-refractivity contribution in [2.45, 2.75) is 31.5 Å². The van der Waals surface area contributed by atoms with Gasteiger partial charge in [0, 0.05) is 0 Å². The summed E-state index contributed by atoms with van der Waals surface area (Å²) >= 11 is 0. The van der Waals surface area contributed by atoms with E-state index in [-0.39, 0.29) is 0 Å². The lowest BCUT2D eigenvalue weighted by Gasteiger charge is -2.26. The summed E-state index contributed by atoms with van der Waals surface area (Å²) in [6.07, 6.45) is -2.61. The van der Waals surface area contributed by atoms with Crippen LogP contribution in [0.15, 0.2) is 24.3 Å². The van der Waals surface area contributed by atoms with Gasteiger partial charge in [-0.25, -0.2) is 0 Å². The maximum atomic E-state index is 12.2. The van der Waals surface area contributed by atoms with Crippen molar-refractivity contribution < 1.29 is 18.0 Å². The minimum absolute atomic E-state index is 0.519. The lowest BCUT2D eigenvalue weighted by atomic mass is 9.88. The molecule has 92 valence electrons. The van der Waals surface area contributed by atoms with Crippen LogP contribution in [0, 0.1) is 0 Å². The van der Waals surface area contributed by atoms with Crippen molar-refractivity contribution >= 4 is 5.91 Å². The molecule has 5 heteroatoms. The first kappa shape index (κ1) is 12.0. The third-order valence-corrected chi connectivity index (χ3v) is 2.93. The zero-order valence-corrected chi connectivity index (χ0v) is 9.05. The second-order valence-electron chi connectivity index (χ2n) is 4.11. The van der Waals surface area contributed by atoms with Crippen LogP contribution >= 0.6 is 0 Å². The third-order valence-electron chi connectivity index (χ3n) is 2.93. The standard InChI is InChI=1S/C12H12F3NO/c13-12(14,15)11(17)16-10-7-3-5-8-4-1-2-6-9(8)10/h1-2,4,6,10H,3,5,7H2,(H,16,17). The second kappa shape index (κ2) is 4.39. The van der Waals surface area contributed by atoms with Crippen molar-refractivity contribution in [2.24, 2.45) is 0 Å². The van der Waals surface area contributed by atoms with Gasteiger partial charge in [0.05, 0.1) is 6.04 Å². The van der Waals surface area contributed by atoms with Gasteiger partial charge in [0.1, 0.15) is 0 Å². The van der Waals surface area contributed by atoms with Gasteiger partial charge in [0.25, 0.3) is 0 Å². The Morgan fingerprint density at radius 3 is 2.71 bits per heavy atom. The van der Waals surface area contributed by atoms with Crippen LogP contribution < -0.4 is 5.32 Å². The fourth-order valence-electron chi connectivity index (χ4n) is 2.14. The first-order valence-corrected chi connectivity index (χ1v) is 5.44. The zero-order chi connectivity index (χ0) is 12.5. The van der Waals surface area contributed by atoms with Crippen molar-refractivity contribution in [1.29, 1.82) is 0 Å². The highest BCUT2D eigenvalue weighted by atomic mass is 19.4. The van der Waals surface area contributed by atoms with E-state index in [9.17, 15) is 18.0 Å². The van der Waals surface area contributed by atoms with E-state index in [4.69, 9.17) is 0 Å². The SMILES string of the molecule is O=C(NC1CCCc2ccccc21)C(F)(F)F. The quantitative estimate of drug-likeness (QED) is 0.807. The van der Waals surface area contributed by atoms with Crippen molar-refractivity contribution in [3.05, 3.63) is 35.4 Å². The molecular formula is C12H12F3NO. The first-order valence-electron chi connectivity index (χ1n) is 5.44. The van der Waals surface area contributed by atoms with E-state index < -0.39 is 18.1 Å². The van der Waals surface area contributed by atoms with Crippen LogP contribution in [-0.4, -0.2) is 12.1 Å². The Kier molecular flexibility index (Phi) is 3.09. The lowest BCUT2D eigenvalue weighted by molar-refractivity contribution is -0.174. The molecule has 2 nitrogen and oxygen atoms in total. The molecule has 0 fully saturated rings. The number of hydrogen-bond acceptors (Lipinski definition) is 1. The normalized spacial score (nSPS) is 19.6. The van der Waals surface area contributed by atoms with Crippen LogP contribution in [0.5, 0.6) is 0 Å². The number of carbonyl (C=O) groups is 1. The summed E-state index contributed by atoms with van der Waals surface area (Å²) in [6.45, 7) is 0. The Labute approximate surface area is 96.8 Å². The van der Waals surface area contributed by atoms with Crippen LogP contribution in [0.2, 0.25) is 0 Å². The number of carbonyl (C=O) groups excluding carboxylic acids is 1. The van der Waals surface area contributed by atoms with E-state index in [1.165, 1.54) is 0 Å². The van der Waals surface area contributed by atoms with E-state index in [1.807, 2.05) is 12.1 Å². The van der Waals surface area contributed by atoms with Gasteiger partial charge >= 0.3 is 12.1 Å². The minimum atomic E-state index is -4.81. The van der Waals surface area contributed by atoms with Gasteiger partial charge in [-0.3, -0.25) is 4.79 Å². The molecule has 0 radical (unpaired) electrons. The van der Waals surface area contributed by atoms with Crippen LogP contribution in [0.1, 0.15) is 30.0 Å². The van der Waals surface area contributed by atoms with E-state index in [0.717, 1.165) is 24.0 Å². The summed E-state index contributed by atoms with van der Waals surface area (Å²) in [6, 6.07) is 6.77. The Bertz CT molecular complexity index is 428. The van der Waals surface area contributed by atoms with Crippen LogP contribution in [-0.2, 0) is 11.2 Å². The van der Waals surface area contributed by atoms with E-state index in [1.54, 1.807) is 12.1 Å². The molecule has 1 aromatic carbocycles. The van der Waals surface area contributed by atoms with Gasteiger partial charge in [-0.05, 0) is 30.4 Å². The molecule has 1 N–H and O–H groups in total. The molecule has 0 aliphatic heterocycles. The number of halogens is 3. The molecule has 1 atom stereocenters. The van der Waals surface area contributed by atoms with E-state index in [0.29, 0.717) is 6.42 Å². The second-order valence-corrected chi connectivity index (χ2v) is 4.11. The van der Waals surface area contributed by atoms with Gasteiger partial charge in [-0.1, -0.05) is 24.3 Å². The highest BCUT2D eigenvalue weighted by Crippen LogP contribution is 2.30. The summed E-state index contributed by atoms with van der Waals surface area (Å²) in [7, 11) is 0. The van der Waals surface area contributed by atoms with Gasteiger partial charge in [0.15, 0.2) is 0 Å². The number of nitrogens with one attached hydrogen (secondary N) is 1. The molecule has 0 saturated heterocycles. The average Bonchev–Trinajstić information content (AvgIpc) is 2.28. The average molecular weight is 243 g/mol. The topological polar surface area (TPSA) is 29.1 Å². The molecule has 0 aromatic heterocycles. The summed E-state index contributed by atoms with van der Waals surface area (Å²) in [5, 5.41) is 2.05. The molecule has 0 bridgehead atoms. The Balaban J connectivity index is 2.17. The Morgan fingerprint density at radius 1 is 1.29 bits per heavy atom. The molecule has 17 heavy (non-hydrogen) atoms. The van der Waals surface area contributed by atoms with Gasteiger partial charge in [-0.2, -0.15) is 13.2 Å². The minimum Gasteiger partial charge on any atom is -0.341 e. The maximum Gasteiger partial charge on any atom is 0.471 e. The third kappa shape index (κ3) is 2.60. The summed E-state index contributed by atoms with van der Waals surface area (Å²) in [5.74, 6) is -1.86. The zero-order valence-electron chi connectivity index (χ0n) is 9.05. The molecule has 0 heterocycles. The number of alkyl halides is 3. The lowest BCUT2D eigenvalue weighted by Crippen LogP contribution is -2.40. The largest absolute Gasteiger partial charge is 0.471 e.